The highest BCUT2D eigenvalue weighted by molar-refractivity contribution is 7.14. The molecule has 0 atom stereocenters. The van der Waals surface area contributed by atoms with E-state index in [-0.39, 0.29) is 0 Å². The van der Waals surface area contributed by atoms with Crippen molar-refractivity contribution >= 4 is 22.3 Å². The van der Waals surface area contributed by atoms with Gasteiger partial charge in [0, 0.05) is 38.3 Å². The molecular weight excluding hydrogens is 360 g/mol. The van der Waals surface area contributed by atoms with E-state index in [0.717, 1.165) is 49.0 Å². The predicted molar refractivity (Wildman–Crippen MR) is 112 cm³/mol. The Morgan fingerprint density at radius 3 is 2.63 bits per heavy atom. The number of hydrogen-bond acceptors (Lipinski definition) is 5. The van der Waals surface area contributed by atoms with Crippen LogP contribution in [0.25, 0.3) is 0 Å². The molecule has 1 aliphatic heterocycles. The second-order valence-electron chi connectivity index (χ2n) is 6.44. The molecule has 1 fully saturated rings. The third-order valence-electron chi connectivity index (χ3n) is 4.81. The van der Waals surface area contributed by atoms with Gasteiger partial charge in [0.1, 0.15) is 0 Å². The summed E-state index contributed by atoms with van der Waals surface area (Å²) in [6.45, 7) is 2.76. The largest absolute Gasteiger partial charge is 0.493 e. The van der Waals surface area contributed by atoms with E-state index in [1.54, 1.807) is 21.3 Å². The maximum Gasteiger partial charge on any atom is 0.191 e. The number of ether oxygens (including phenoxy) is 2. The molecule has 146 valence electrons. The van der Waals surface area contributed by atoms with E-state index < -0.39 is 0 Å². The van der Waals surface area contributed by atoms with Crippen LogP contribution in [0.2, 0.25) is 0 Å². The van der Waals surface area contributed by atoms with Crippen molar-refractivity contribution in [2.75, 3.05) is 39.3 Å². The molecule has 2 aromatic rings. The van der Waals surface area contributed by atoms with Crippen LogP contribution in [-0.4, -0.2) is 46.4 Å². The quantitative estimate of drug-likeness (QED) is 0.588. The molecule has 0 aliphatic carbocycles. The second-order valence-corrected chi connectivity index (χ2v) is 7.36. The van der Waals surface area contributed by atoms with E-state index in [9.17, 15) is 0 Å². The molecule has 7 heteroatoms. The van der Waals surface area contributed by atoms with Gasteiger partial charge in [-0.2, -0.15) is 0 Å². The van der Waals surface area contributed by atoms with E-state index >= 15 is 0 Å². The highest BCUT2D eigenvalue weighted by Gasteiger charge is 2.20. The van der Waals surface area contributed by atoms with Crippen LogP contribution in [0.1, 0.15) is 18.4 Å². The van der Waals surface area contributed by atoms with Crippen molar-refractivity contribution in [2.24, 2.45) is 4.99 Å². The summed E-state index contributed by atoms with van der Waals surface area (Å²) in [5, 5.41) is 10.4. The first-order chi connectivity index (χ1) is 13.2. The third-order valence-corrected chi connectivity index (χ3v) is 5.74. The van der Waals surface area contributed by atoms with E-state index in [1.807, 2.05) is 29.5 Å². The first-order valence-electron chi connectivity index (χ1n) is 9.20. The maximum atomic E-state index is 5.50. The predicted octanol–water partition coefficient (Wildman–Crippen LogP) is 3.10. The SMILES string of the molecule is CN=C(NCc1cccc(OC)c1OC)NC1CCN(c2cccs2)CC1. The summed E-state index contributed by atoms with van der Waals surface area (Å²) >= 11 is 1.81. The first kappa shape index (κ1) is 19.4. The average molecular weight is 389 g/mol. The van der Waals surface area contributed by atoms with E-state index in [2.05, 4.69) is 38.0 Å². The lowest BCUT2D eigenvalue weighted by atomic mass is 10.1. The highest BCUT2D eigenvalue weighted by atomic mass is 32.1. The molecule has 1 aromatic heterocycles. The number of rotatable bonds is 6. The molecule has 1 aromatic carbocycles. The third kappa shape index (κ3) is 4.86. The molecule has 0 radical (unpaired) electrons. The number of anilines is 1. The fraction of sp³-hybridized carbons (Fsp3) is 0.450. The zero-order valence-electron chi connectivity index (χ0n) is 16.2. The number of benzene rings is 1. The van der Waals surface area contributed by atoms with Gasteiger partial charge in [0.05, 0.1) is 19.2 Å². The summed E-state index contributed by atoms with van der Waals surface area (Å²) in [6.07, 6.45) is 2.20. The standard InChI is InChI=1S/C20H28N4O2S/c1-21-20(22-14-15-6-4-7-17(25-2)19(15)26-3)23-16-9-11-24(12-10-16)18-8-5-13-27-18/h4-8,13,16H,9-12,14H2,1-3H3,(H2,21,22,23). The molecule has 3 rings (SSSR count). The van der Waals surface area contributed by atoms with Crippen LogP contribution in [0.15, 0.2) is 40.7 Å². The van der Waals surface area contributed by atoms with E-state index in [1.165, 1.54) is 5.00 Å². The van der Waals surface area contributed by atoms with Gasteiger partial charge in [-0.1, -0.05) is 12.1 Å². The molecule has 0 unspecified atom stereocenters. The summed E-state index contributed by atoms with van der Waals surface area (Å²) in [7, 11) is 5.12. The number of nitrogens with one attached hydrogen (secondary N) is 2. The lowest BCUT2D eigenvalue weighted by Gasteiger charge is -2.33. The molecule has 27 heavy (non-hydrogen) atoms. The van der Waals surface area contributed by atoms with Gasteiger partial charge in [0.2, 0.25) is 0 Å². The topological polar surface area (TPSA) is 58.1 Å². The first-order valence-corrected chi connectivity index (χ1v) is 10.1. The zero-order chi connectivity index (χ0) is 19.1. The van der Waals surface area contributed by atoms with Crippen molar-refractivity contribution in [3.05, 3.63) is 41.3 Å². The minimum absolute atomic E-state index is 0.430. The van der Waals surface area contributed by atoms with Crippen LogP contribution in [-0.2, 0) is 6.54 Å². The molecule has 2 N–H and O–H groups in total. The lowest BCUT2D eigenvalue weighted by Crippen LogP contribution is -2.48. The summed E-state index contributed by atoms with van der Waals surface area (Å²) in [6, 6.07) is 10.6. The zero-order valence-corrected chi connectivity index (χ0v) is 17.0. The molecule has 1 saturated heterocycles. The normalized spacial score (nSPS) is 15.5. The smallest absolute Gasteiger partial charge is 0.191 e. The number of nitrogens with zero attached hydrogens (tertiary/aromatic N) is 2. The van der Waals surface area contributed by atoms with Crippen molar-refractivity contribution in [2.45, 2.75) is 25.4 Å². The number of thiophene rings is 1. The minimum atomic E-state index is 0.430. The molecule has 0 bridgehead atoms. The average Bonchev–Trinajstić information content (AvgIpc) is 3.26. The maximum absolute atomic E-state index is 5.50. The number of para-hydroxylation sites is 1. The summed E-state index contributed by atoms with van der Waals surface area (Å²) < 4.78 is 10.9. The van der Waals surface area contributed by atoms with Crippen molar-refractivity contribution in [1.29, 1.82) is 0 Å². The van der Waals surface area contributed by atoms with Crippen molar-refractivity contribution in [1.82, 2.24) is 10.6 Å². The Balaban J connectivity index is 1.52. The summed E-state index contributed by atoms with van der Waals surface area (Å²) in [5.41, 5.74) is 1.03. The molecule has 0 saturated carbocycles. The van der Waals surface area contributed by atoms with Crippen LogP contribution < -0.4 is 25.0 Å². The molecule has 0 amide bonds. The summed E-state index contributed by atoms with van der Waals surface area (Å²) in [5.74, 6) is 2.31. The van der Waals surface area contributed by atoms with Gasteiger partial charge >= 0.3 is 0 Å². The van der Waals surface area contributed by atoms with E-state index in [4.69, 9.17) is 9.47 Å². The van der Waals surface area contributed by atoms with Crippen LogP contribution in [0.4, 0.5) is 5.00 Å². The van der Waals surface area contributed by atoms with Crippen LogP contribution in [0, 0.1) is 0 Å². The number of aliphatic imine (C=N–C) groups is 1. The van der Waals surface area contributed by atoms with Gasteiger partial charge in [0.25, 0.3) is 0 Å². The lowest BCUT2D eigenvalue weighted by molar-refractivity contribution is 0.351. The minimum Gasteiger partial charge on any atom is -0.493 e. The molecule has 6 nitrogen and oxygen atoms in total. The molecule has 2 heterocycles. The van der Waals surface area contributed by atoms with Gasteiger partial charge in [0.15, 0.2) is 17.5 Å². The van der Waals surface area contributed by atoms with E-state index in [0.29, 0.717) is 12.6 Å². The fourth-order valence-corrected chi connectivity index (χ4v) is 4.14. The second kappa shape index (κ2) is 9.50. The molecular formula is C20H28N4O2S. The fourth-order valence-electron chi connectivity index (χ4n) is 3.35. The Morgan fingerprint density at radius 2 is 2.00 bits per heavy atom. The highest BCUT2D eigenvalue weighted by Crippen LogP contribution is 2.30. The van der Waals surface area contributed by atoms with Crippen LogP contribution >= 0.6 is 11.3 Å². The Kier molecular flexibility index (Phi) is 6.81. The summed E-state index contributed by atoms with van der Waals surface area (Å²) in [4.78, 5) is 6.83. The van der Waals surface area contributed by atoms with Gasteiger partial charge < -0.3 is 25.0 Å². The van der Waals surface area contributed by atoms with Gasteiger partial charge in [-0.05, 0) is 36.4 Å². The molecule has 0 spiro atoms. The number of hydrogen-bond donors (Lipinski definition) is 2. The van der Waals surface area contributed by atoms with Crippen molar-refractivity contribution in [3.63, 3.8) is 0 Å². The Labute approximate surface area is 165 Å². The van der Waals surface area contributed by atoms with Gasteiger partial charge in [-0.25, -0.2) is 0 Å². The monoisotopic (exact) mass is 388 g/mol. The molecule has 1 aliphatic rings. The number of methoxy groups -OCH3 is 2. The number of piperidine rings is 1. The van der Waals surface area contributed by atoms with Crippen molar-refractivity contribution in [3.8, 4) is 11.5 Å². The number of guanidine groups is 1. The Morgan fingerprint density at radius 1 is 1.19 bits per heavy atom. The van der Waals surface area contributed by atoms with Crippen LogP contribution in [0.3, 0.4) is 0 Å². The van der Waals surface area contributed by atoms with Crippen molar-refractivity contribution < 1.29 is 9.47 Å². The Bertz CT molecular complexity index is 740. The van der Waals surface area contributed by atoms with Gasteiger partial charge in [-0.15, -0.1) is 11.3 Å². The van der Waals surface area contributed by atoms with Crippen LogP contribution in [0.5, 0.6) is 11.5 Å². The Hall–Kier alpha value is -2.41. The van der Waals surface area contributed by atoms with Gasteiger partial charge in [-0.3, -0.25) is 4.99 Å².